The van der Waals surface area contributed by atoms with Crippen LogP contribution >= 0.6 is 0 Å². The third kappa shape index (κ3) is 9.89. The molecule has 0 N–H and O–H groups in total. The van der Waals surface area contributed by atoms with Crippen LogP contribution in [-0.4, -0.2) is 71.4 Å². The van der Waals surface area contributed by atoms with Gasteiger partial charge in [0.15, 0.2) is 11.6 Å². The molecule has 2 aliphatic rings. The largest absolute Gasteiger partial charge is 0.465 e. The molecule has 10 nitrogen and oxygen atoms in total. The number of ketones is 2. The SMILES string of the molecule is CCOC(=O)C1Cc2ccc(CN(C)C(=O)OC(C)(C)C)cc2C1=O.CN(Cc1ccc2c(c1)C(=O)CC2)C(=O)OC(C)(C)C. The first kappa shape index (κ1) is 35.3. The molecule has 0 aliphatic heterocycles. The fourth-order valence-electron chi connectivity index (χ4n) is 5.00. The van der Waals surface area contributed by atoms with Crippen LogP contribution in [0.15, 0.2) is 36.4 Å². The Balaban J connectivity index is 0.000000251. The number of amides is 2. The summed E-state index contributed by atoms with van der Waals surface area (Å²) in [5.74, 6) is -1.25. The number of fused-ring (bicyclic) bond motifs is 2. The van der Waals surface area contributed by atoms with Gasteiger partial charge in [-0.1, -0.05) is 24.3 Å². The highest BCUT2D eigenvalue weighted by Gasteiger charge is 2.37. The molecular formula is C35H46N2O8. The highest BCUT2D eigenvalue weighted by atomic mass is 16.6. The first-order chi connectivity index (χ1) is 20.9. The lowest BCUT2D eigenvalue weighted by molar-refractivity contribution is -0.146. The highest BCUT2D eigenvalue weighted by Crippen LogP contribution is 2.29. The van der Waals surface area contributed by atoms with Gasteiger partial charge in [-0.3, -0.25) is 14.4 Å². The molecule has 0 aromatic heterocycles. The number of carbonyl (C=O) groups excluding carboxylic acids is 5. The van der Waals surface area contributed by atoms with Gasteiger partial charge in [-0.05, 0) is 95.7 Å². The zero-order valence-corrected chi connectivity index (χ0v) is 27.9. The molecule has 2 amide bonds. The van der Waals surface area contributed by atoms with Crippen molar-refractivity contribution in [2.75, 3.05) is 20.7 Å². The third-order valence-corrected chi connectivity index (χ3v) is 7.10. The Morgan fingerprint density at radius 2 is 1.24 bits per heavy atom. The van der Waals surface area contributed by atoms with Crippen molar-refractivity contribution in [2.24, 2.45) is 5.92 Å². The molecule has 2 aromatic rings. The van der Waals surface area contributed by atoms with E-state index in [1.807, 2.05) is 71.9 Å². The number of esters is 1. The van der Waals surface area contributed by atoms with Crippen molar-refractivity contribution in [3.8, 4) is 0 Å². The number of carbonyl (C=O) groups is 5. The molecule has 0 heterocycles. The van der Waals surface area contributed by atoms with E-state index in [-0.39, 0.29) is 24.3 Å². The summed E-state index contributed by atoms with van der Waals surface area (Å²) in [4.78, 5) is 63.0. The van der Waals surface area contributed by atoms with Crippen LogP contribution in [0.4, 0.5) is 9.59 Å². The molecule has 0 radical (unpaired) electrons. The minimum absolute atomic E-state index is 0.196. The normalized spacial score (nSPS) is 15.4. The summed E-state index contributed by atoms with van der Waals surface area (Å²) in [6, 6.07) is 11.3. The van der Waals surface area contributed by atoms with E-state index in [0.29, 0.717) is 31.5 Å². The minimum Gasteiger partial charge on any atom is -0.465 e. The lowest BCUT2D eigenvalue weighted by Crippen LogP contribution is -2.33. The number of hydrogen-bond acceptors (Lipinski definition) is 8. The van der Waals surface area contributed by atoms with E-state index < -0.39 is 29.2 Å². The number of nitrogens with zero attached hydrogens (tertiary/aromatic N) is 2. The predicted molar refractivity (Wildman–Crippen MR) is 169 cm³/mol. The maximum absolute atomic E-state index is 12.5. The molecule has 4 rings (SSSR count). The van der Waals surface area contributed by atoms with Crippen LogP contribution in [0.1, 0.15) is 97.9 Å². The van der Waals surface area contributed by atoms with Gasteiger partial charge < -0.3 is 24.0 Å². The summed E-state index contributed by atoms with van der Waals surface area (Å²) in [6.45, 7) is 13.7. The minimum atomic E-state index is -0.756. The van der Waals surface area contributed by atoms with E-state index in [1.165, 1.54) is 9.80 Å². The Labute approximate surface area is 266 Å². The number of rotatable bonds is 6. The number of Topliss-reactive ketones (excluding diaryl/α,β-unsaturated/α-hetero) is 2. The first-order valence-corrected chi connectivity index (χ1v) is 15.2. The van der Waals surface area contributed by atoms with Crippen molar-refractivity contribution in [2.45, 2.75) is 92.0 Å². The molecule has 0 bridgehead atoms. The highest BCUT2D eigenvalue weighted by molar-refractivity contribution is 6.12. The molecule has 2 aliphatic carbocycles. The van der Waals surface area contributed by atoms with Gasteiger partial charge in [0.2, 0.25) is 0 Å². The Bertz CT molecular complexity index is 1450. The zero-order valence-electron chi connectivity index (χ0n) is 27.9. The van der Waals surface area contributed by atoms with E-state index in [0.717, 1.165) is 34.2 Å². The predicted octanol–water partition coefficient (Wildman–Crippen LogP) is 6.15. The van der Waals surface area contributed by atoms with Crippen molar-refractivity contribution in [1.82, 2.24) is 9.80 Å². The molecule has 244 valence electrons. The molecule has 0 fully saturated rings. The third-order valence-electron chi connectivity index (χ3n) is 7.10. The molecule has 1 unspecified atom stereocenters. The van der Waals surface area contributed by atoms with E-state index in [4.69, 9.17) is 14.2 Å². The van der Waals surface area contributed by atoms with Gasteiger partial charge in [0.25, 0.3) is 0 Å². The van der Waals surface area contributed by atoms with Crippen LogP contribution < -0.4 is 0 Å². The molecule has 10 heteroatoms. The van der Waals surface area contributed by atoms with Crippen LogP contribution in [0.2, 0.25) is 0 Å². The summed E-state index contributed by atoms with van der Waals surface area (Å²) in [5.41, 5.74) is 3.99. The second kappa shape index (κ2) is 14.3. The van der Waals surface area contributed by atoms with Crippen molar-refractivity contribution >= 4 is 29.7 Å². The number of benzene rings is 2. The summed E-state index contributed by atoms with van der Waals surface area (Å²) in [5, 5.41) is 0. The second-order valence-corrected chi connectivity index (χ2v) is 13.5. The zero-order chi connectivity index (χ0) is 33.7. The molecule has 0 spiro atoms. The van der Waals surface area contributed by atoms with E-state index >= 15 is 0 Å². The van der Waals surface area contributed by atoms with E-state index in [2.05, 4.69) is 0 Å². The van der Waals surface area contributed by atoms with Gasteiger partial charge in [0.05, 0.1) is 6.61 Å². The maximum atomic E-state index is 12.5. The number of ether oxygens (including phenoxy) is 3. The van der Waals surface area contributed by atoms with Gasteiger partial charge in [0.1, 0.15) is 17.1 Å². The van der Waals surface area contributed by atoms with Crippen molar-refractivity contribution < 1.29 is 38.2 Å². The number of hydrogen-bond donors (Lipinski definition) is 0. The molecule has 0 saturated heterocycles. The van der Waals surface area contributed by atoms with Crippen LogP contribution in [0.3, 0.4) is 0 Å². The van der Waals surface area contributed by atoms with Gasteiger partial charge in [-0.15, -0.1) is 0 Å². The molecule has 2 aromatic carbocycles. The standard InChI is InChI=1S/C19H25NO5.C16H21NO3/c1-6-24-17(22)15-10-13-8-7-12(9-14(13)16(15)21)11-20(5)18(23)25-19(2,3)4;1-16(2,3)20-15(19)17(4)10-11-5-6-12-7-8-14(18)13(12)9-11/h7-9,15H,6,10-11H2,1-5H3;5-6,9H,7-8,10H2,1-4H3. The summed E-state index contributed by atoms with van der Waals surface area (Å²) in [6.07, 6.45) is 1.01. The summed E-state index contributed by atoms with van der Waals surface area (Å²) >= 11 is 0. The quantitative estimate of drug-likeness (QED) is 0.214. The Kier molecular flexibility index (Phi) is 11.2. The maximum Gasteiger partial charge on any atom is 0.410 e. The monoisotopic (exact) mass is 622 g/mol. The van der Waals surface area contributed by atoms with Crippen molar-refractivity contribution in [3.05, 3.63) is 69.8 Å². The van der Waals surface area contributed by atoms with Gasteiger partial charge in [0, 0.05) is 44.7 Å². The van der Waals surface area contributed by atoms with Gasteiger partial charge in [-0.2, -0.15) is 0 Å². The smallest absolute Gasteiger partial charge is 0.410 e. The Hall–Kier alpha value is -4.21. The second-order valence-electron chi connectivity index (χ2n) is 13.5. The van der Waals surface area contributed by atoms with Crippen LogP contribution in [0, 0.1) is 5.92 Å². The van der Waals surface area contributed by atoms with E-state index in [1.54, 1.807) is 27.1 Å². The fraction of sp³-hybridized carbons (Fsp3) is 0.514. The molecule has 1 atom stereocenters. The summed E-state index contributed by atoms with van der Waals surface area (Å²) < 4.78 is 15.6. The summed E-state index contributed by atoms with van der Waals surface area (Å²) in [7, 11) is 3.34. The van der Waals surface area contributed by atoms with Crippen molar-refractivity contribution in [1.29, 1.82) is 0 Å². The average molecular weight is 623 g/mol. The molecule has 0 saturated carbocycles. The average Bonchev–Trinajstić information content (AvgIpc) is 3.46. The first-order valence-electron chi connectivity index (χ1n) is 15.2. The van der Waals surface area contributed by atoms with Gasteiger partial charge in [-0.25, -0.2) is 9.59 Å². The van der Waals surface area contributed by atoms with E-state index in [9.17, 15) is 24.0 Å². The molecule has 45 heavy (non-hydrogen) atoms. The molecular weight excluding hydrogens is 576 g/mol. The van der Waals surface area contributed by atoms with Crippen LogP contribution in [0.5, 0.6) is 0 Å². The van der Waals surface area contributed by atoms with Crippen LogP contribution in [0.25, 0.3) is 0 Å². The topological polar surface area (TPSA) is 120 Å². The Morgan fingerprint density at radius 1 is 0.756 bits per heavy atom. The van der Waals surface area contributed by atoms with Crippen molar-refractivity contribution in [3.63, 3.8) is 0 Å². The van der Waals surface area contributed by atoms with Gasteiger partial charge >= 0.3 is 18.2 Å². The lowest BCUT2D eigenvalue weighted by atomic mass is 10.0. The number of aryl methyl sites for hydroxylation is 1. The Morgan fingerprint density at radius 3 is 1.73 bits per heavy atom. The lowest BCUT2D eigenvalue weighted by Gasteiger charge is -2.24. The van der Waals surface area contributed by atoms with Crippen LogP contribution in [-0.2, 0) is 44.9 Å². The fourth-order valence-corrected chi connectivity index (χ4v) is 5.00.